The molecule has 2 aromatic carbocycles. The van der Waals surface area contributed by atoms with Crippen LogP contribution >= 0.6 is 0 Å². The van der Waals surface area contributed by atoms with Crippen LogP contribution in [-0.4, -0.2) is 19.0 Å². The van der Waals surface area contributed by atoms with Crippen LogP contribution in [0.25, 0.3) is 0 Å². The Labute approximate surface area is 162 Å². The number of carbonyl (C=O) groups is 1. The summed E-state index contributed by atoms with van der Waals surface area (Å²) in [6.07, 6.45) is -3.98. The Morgan fingerprint density at radius 2 is 1.89 bits per heavy atom. The topological polar surface area (TPSA) is 56.1 Å². The van der Waals surface area contributed by atoms with Crippen molar-refractivity contribution in [1.82, 2.24) is 5.32 Å². The zero-order valence-electron chi connectivity index (χ0n) is 15.8. The lowest BCUT2D eigenvalue weighted by Crippen LogP contribution is -2.39. The van der Waals surface area contributed by atoms with Gasteiger partial charge in [0.1, 0.15) is 0 Å². The van der Waals surface area contributed by atoms with E-state index in [1.54, 1.807) is 11.0 Å². The lowest BCUT2D eigenvalue weighted by Gasteiger charge is -2.26. The number of hydrogen-bond donors (Lipinski definition) is 1. The molecule has 0 fully saturated rings. The van der Waals surface area contributed by atoms with Crippen molar-refractivity contribution in [2.75, 3.05) is 18.0 Å². The minimum atomic E-state index is -4.64. The van der Waals surface area contributed by atoms with Crippen LogP contribution in [0.2, 0.25) is 0 Å². The van der Waals surface area contributed by atoms with Gasteiger partial charge in [0.25, 0.3) is 0 Å². The van der Waals surface area contributed by atoms with E-state index in [9.17, 15) is 18.0 Å². The molecule has 0 saturated heterocycles. The van der Waals surface area contributed by atoms with Crippen LogP contribution in [0.3, 0.4) is 0 Å². The van der Waals surface area contributed by atoms with Gasteiger partial charge in [0.2, 0.25) is 5.91 Å². The summed E-state index contributed by atoms with van der Waals surface area (Å²) in [5.74, 6) is -0.289. The standard InChI is InChI=1S/C21H22F3N3O/c1-3-11-27(14-20(28)26-15(2)16-7-5-4-6-8-16)18-10-9-17(13-25)19(12-18)21(22,23)24/h4-10,12,15H,3,11,14H2,1-2H3,(H,26,28)/t15-/m1/s1. The first-order chi connectivity index (χ1) is 13.3. The predicted molar refractivity (Wildman–Crippen MR) is 102 cm³/mol. The molecule has 0 aromatic heterocycles. The second kappa shape index (κ2) is 9.27. The van der Waals surface area contributed by atoms with E-state index >= 15 is 0 Å². The van der Waals surface area contributed by atoms with Gasteiger partial charge in [-0.1, -0.05) is 37.3 Å². The fourth-order valence-corrected chi connectivity index (χ4v) is 2.92. The van der Waals surface area contributed by atoms with Crippen LogP contribution in [0.5, 0.6) is 0 Å². The van der Waals surface area contributed by atoms with Gasteiger partial charge in [0.15, 0.2) is 0 Å². The molecule has 0 unspecified atom stereocenters. The highest BCUT2D eigenvalue weighted by atomic mass is 19.4. The molecular weight excluding hydrogens is 367 g/mol. The first-order valence-electron chi connectivity index (χ1n) is 8.96. The number of carbonyl (C=O) groups excluding carboxylic acids is 1. The van der Waals surface area contributed by atoms with Crippen molar-refractivity contribution in [3.63, 3.8) is 0 Å². The predicted octanol–water partition coefficient (Wildman–Crippen LogP) is 4.67. The number of rotatable bonds is 7. The zero-order chi connectivity index (χ0) is 20.7. The molecule has 0 spiro atoms. The lowest BCUT2D eigenvalue weighted by atomic mass is 10.1. The third-order valence-corrected chi connectivity index (χ3v) is 4.30. The fraction of sp³-hybridized carbons (Fsp3) is 0.333. The Morgan fingerprint density at radius 1 is 1.21 bits per heavy atom. The van der Waals surface area contributed by atoms with E-state index in [1.165, 1.54) is 6.07 Å². The highest BCUT2D eigenvalue weighted by molar-refractivity contribution is 5.82. The SMILES string of the molecule is CCCN(CC(=O)N[C@H](C)c1ccccc1)c1ccc(C#N)c(C(F)(F)F)c1. The van der Waals surface area contributed by atoms with Gasteiger partial charge in [0, 0.05) is 12.2 Å². The van der Waals surface area contributed by atoms with Crippen LogP contribution in [-0.2, 0) is 11.0 Å². The maximum atomic E-state index is 13.2. The van der Waals surface area contributed by atoms with Crippen LogP contribution in [0.1, 0.15) is 43.0 Å². The minimum Gasteiger partial charge on any atom is -0.362 e. The fourth-order valence-electron chi connectivity index (χ4n) is 2.92. The number of nitriles is 1. The average Bonchev–Trinajstić information content (AvgIpc) is 2.67. The number of alkyl halides is 3. The third kappa shape index (κ3) is 5.49. The Kier molecular flexibility index (Phi) is 7.05. The number of halogens is 3. The van der Waals surface area contributed by atoms with Crippen molar-refractivity contribution in [3.05, 3.63) is 65.2 Å². The van der Waals surface area contributed by atoms with E-state index in [0.29, 0.717) is 13.0 Å². The second-order valence-corrected chi connectivity index (χ2v) is 6.46. The van der Waals surface area contributed by atoms with Gasteiger partial charge in [0.05, 0.1) is 29.8 Å². The van der Waals surface area contributed by atoms with E-state index < -0.39 is 17.3 Å². The average molecular weight is 389 g/mol. The molecule has 28 heavy (non-hydrogen) atoms. The summed E-state index contributed by atoms with van der Waals surface area (Å²) < 4.78 is 39.7. The number of amides is 1. The van der Waals surface area contributed by atoms with E-state index in [-0.39, 0.29) is 24.2 Å². The number of nitrogens with one attached hydrogen (secondary N) is 1. The molecule has 0 heterocycles. The molecular formula is C21H22F3N3O. The molecule has 1 amide bonds. The van der Waals surface area contributed by atoms with Crippen LogP contribution < -0.4 is 10.2 Å². The first kappa shape index (κ1) is 21.3. The smallest absolute Gasteiger partial charge is 0.362 e. The molecule has 0 aliphatic carbocycles. The maximum absolute atomic E-state index is 13.2. The number of benzene rings is 2. The molecule has 0 saturated carbocycles. The number of anilines is 1. The Morgan fingerprint density at radius 3 is 2.46 bits per heavy atom. The molecule has 0 radical (unpaired) electrons. The van der Waals surface area contributed by atoms with Crippen LogP contribution in [0, 0.1) is 11.3 Å². The molecule has 4 nitrogen and oxygen atoms in total. The molecule has 2 aromatic rings. The van der Waals surface area contributed by atoms with Crippen LogP contribution in [0.4, 0.5) is 18.9 Å². The normalized spacial score (nSPS) is 12.1. The maximum Gasteiger partial charge on any atom is 0.417 e. The minimum absolute atomic E-state index is 0.0752. The van der Waals surface area contributed by atoms with Crippen molar-refractivity contribution in [1.29, 1.82) is 5.26 Å². The molecule has 0 bridgehead atoms. The van der Waals surface area contributed by atoms with Gasteiger partial charge >= 0.3 is 6.18 Å². The second-order valence-electron chi connectivity index (χ2n) is 6.46. The molecule has 0 aliphatic heterocycles. The summed E-state index contributed by atoms with van der Waals surface area (Å²) in [6, 6.07) is 14.3. The largest absolute Gasteiger partial charge is 0.417 e. The third-order valence-electron chi connectivity index (χ3n) is 4.30. The number of hydrogen-bond acceptors (Lipinski definition) is 3. The molecule has 7 heteroatoms. The quantitative estimate of drug-likeness (QED) is 0.749. The van der Waals surface area contributed by atoms with Gasteiger partial charge in [-0.05, 0) is 37.1 Å². The summed E-state index contributed by atoms with van der Waals surface area (Å²) in [6.45, 7) is 4.07. The summed E-state index contributed by atoms with van der Waals surface area (Å²) >= 11 is 0. The van der Waals surface area contributed by atoms with Crippen molar-refractivity contribution in [2.24, 2.45) is 0 Å². The van der Waals surface area contributed by atoms with Gasteiger partial charge in [-0.2, -0.15) is 18.4 Å². The van der Waals surface area contributed by atoms with Gasteiger partial charge < -0.3 is 10.2 Å². The van der Waals surface area contributed by atoms with Gasteiger partial charge in [-0.15, -0.1) is 0 Å². The highest BCUT2D eigenvalue weighted by Gasteiger charge is 2.34. The zero-order valence-corrected chi connectivity index (χ0v) is 15.8. The van der Waals surface area contributed by atoms with E-state index in [4.69, 9.17) is 5.26 Å². The lowest BCUT2D eigenvalue weighted by molar-refractivity contribution is -0.137. The van der Waals surface area contributed by atoms with Crippen molar-refractivity contribution in [2.45, 2.75) is 32.5 Å². The monoisotopic (exact) mass is 389 g/mol. The molecule has 148 valence electrons. The van der Waals surface area contributed by atoms with Crippen LogP contribution in [0.15, 0.2) is 48.5 Å². The van der Waals surface area contributed by atoms with E-state index in [2.05, 4.69) is 5.32 Å². The van der Waals surface area contributed by atoms with Gasteiger partial charge in [-0.25, -0.2) is 0 Å². The Bertz CT molecular complexity index is 844. The molecule has 2 rings (SSSR count). The van der Waals surface area contributed by atoms with Crippen molar-refractivity contribution in [3.8, 4) is 6.07 Å². The Balaban J connectivity index is 2.19. The molecule has 1 atom stereocenters. The van der Waals surface area contributed by atoms with E-state index in [0.717, 1.165) is 17.7 Å². The summed E-state index contributed by atoms with van der Waals surface area (Å²) in [5, 5.41) is 11.8. The summed E-state index contributed by atoms with van der Waals surface area (Å²) in [4.78, 5) is 14.0. The molecule has 0 aliphatic rings. The van der Waals surface area contributed by atoms with Crippen molar-refractivity contribution >= 4 is 11.6 Å². The summed E-state index contributed by atoms with van der Waals surface area (Å²) in [7, 11) is 0. The number of nitrogens with zero attached hydrogens (tertiary/aromatic N) is 2. The van der Waals surface area contributed by atoms with Crippen molar-refractivity contribution < 1.29 is 18.0 Å². The first-order valence-corrected chi connectivity index (χ1v) is 8.96. The van der Waals surface area contributed by atoms with E-state index in [1.807, 2.05) is 44.2 Å². The van der Waals surface area contributed by atoms with Gasteiger partial charge in [-0.3, -0.25) is 4.79 Å². The highest BCUT2D eigenvalue weighted by Crippen LogP contribution is 2.34. The Hall–Kier alpha value is -3.01. The summed E-state index contributed by atoms with van der Waals surface area (Å²) in [5.41, 5.74) is -0.229. The molecule has 1 N–H and O–H groups in total.